The van der Waals surface area contributed by atoms with Crippen molar-refractivity contribution in [1.29, 1.82) is 0 Å². The Bertz CT molecular complexity index is 303. The molecule has 6 heteroatoms. The molecule has 0 spiro atoms. The quantitative estimate of drug-likeness (QED) is 0.669. The van der Waals surface area contributed by atoms with Gasteiger partial charge in [-0.3, -0.25) is 4.79 Å². The van der Waals surface area contributed by atoms with Gasteiger partial charge < -0.3 is 20.1 Å². The maximum Gasteiger partial charge on any atom is 0.329 e. The summed E-state index contributed by atoms with van der Waals surface area (Å²) in [7, 11) is 1.32. The van der Waals surface area contributed by atoms with Crippen LogP contribution in [0.25, 0.3) is 0 Å². The van der Waals surface area contributed by atoms with Gasteiger partial charge >= 0.3 is 5.97 Å². The Hall–Kier alpha value is -1.14. The lowest BCUT2D eigenvalue weighted by atomic mass is 9.93. The van der Waals surface area contributed by atoms with Crippen molar-refractivity contribution in [2.24, 2.45) is 5.92 Å². The Morgan fingerprint density at radius 2 is 2.00 bits per heavy atom. The fraction of sp³-hybridized carbons (Fsp3) is 0.846. The fourth-order valence-corrected chi connectivity index (χ4v) is 2.27. The monoisotopic (exact) mass is 272 g/mol. The van der Waals surface area contributed by atoms with Crippen molar-refractivity contribution in [3.05, 3.63) is 0 Å². The van der Waals surface area contributed by atoms with Crippen LogP contribution in [0.3, 0.4) is 0 Å². The molecule has 0 aromatic rings. The van der Waals surface area contributed by atoms with Crippen LogP contribution in [0.5, 0.6) is 0 Å². The molecule has 0 radical (unpaired) electrons. The molecule has 2 atom stereocenters. The van der Waals surface area contributed by atoms with Gasteiger partial charge in [-0.25, -0.2) is 4.79 Å². The molecule has 2 N–H and O–H groups in total. The van der Waals surface area contributed by atoms with E-state index in [0.717, 1.165) is 26.1 Å². The number of hydrogen-bond acceptors (Lipinski definition) is 5. The molecule has 0 aromatic heterocycles. The van der Waals surface area contributed by atoms with Crippen molar-refractivity contribution < 1.29 is 19.1 Å². The highest BCUT2D eigenvalue weighted by Gasteiger charge is 2.24. The number of methoxy groups -OCH3 is 1. The highest BCUT2D eigenvalue weighted by molar-refractivity contribution is 5.83. The van der Waals surface area contributed by atoms with E-state index in [1.807, 2.05) is 0 Å². The van der Waals surface area contributed by atoms with Gasteiger partial charge in [0.1, 0.15) is 6.04 Å². The van der Waals surface area contributed by atoms with Crippen LogP contribution >= 0.6 is 0 Å². The minimum absolute atomic E-state index is 0.240. The zero-order valence-corrected chi connectivity index (χ0v) is 11.9. The molecule has 1 fully saturated rings. The van der Waals surface area contributed by atoms with Crippen molar-refractivity contribution in [2.45, 2.75) is 38.8 Å². The predicted molar refractivity (Wildman–Crippen MR) is 70.6 cm³/mol. The third-order valence-electron chi connectivity index (χ3n) is 3.48. The zero-order valence-electron chi connectivity index (χ0n) is 11.9. The van der Waals surface area contributed by atoms with E-state index in [0.29, 0.717) is 12.5 Å². The van der Waals surface area contributed by atoms with E-state index in [2.05, 4.69) is 22.3 Å². The van der Waals surface area contributed by atoms with E-state index < -0.39 is 12.0 Å². The summed E-state index contributed by atoms with van der Waals surface area (Å²) in [6, 6.07) is -0.352. The summed E-state index contributed by atoms with van der Waals surface area (Å²) in [5.74, 6) is -0.123. The molecule has 1 aliphatic heterocycles. The third-order valence-corrected chi connectivity index (χ3v) is 3.48. The van der Waals surface area contributed by atoms with Crippen molar-refractivity contribution in [3.8, 4) is 0 Å². The highest BCUT2D eigenvalue weighted by atomic mass is 16.5. The van der Waals surface area contributed by atoms with E-state index in [9.17, 15) is 9.59 Å². The lowest BCUT2D eigenvalue weighted by Gasteiger charge is -2.29. The topological polar surface area (TPSA) is 76.7 Å². The standard InChI is InChI=1S/C13H24N2O4/c1-9(11-4-6-19-7-5-11)14-8-12(13(17)18-3)15-10(2)16/h9,11-12,14H,4-8H2,1-3H3,(H,15,16). The largest absolute Gasteiger partial charge is 0.467 e. The van der Waals surface area contributed by atoms with Gasteiger partial charge in [-0.2, -0.15) is 0 Å². The lowest BCUT2D eigenvalue weighted by molar-refractivity contribution is -0.144. The molecular weight excluding hydrogens is 248 g/mol. The first-order chi connectivity index (χ1) is 9.04. The highest BCUT2D eigenvalue weighted by Crippen LogP contribution is 2.18. The summed E-state index contributed by atoms with van der Waals surface area (Å²) < 4.78 is 10.0. The SMILES string of the molecule is COC(=O)C(CNC(C)C1CCOCC1)NC(C)=O. The van der Waals surface area contributed by atoms with E-state index >= 15 is 0 Å². The van der Waals surface area contributed by atoms with Gasteiger partial charge in [-0.05, 0) is 25.7 Å². The number of ether oxygens (including phenoxy) is 2. The molecule has 0 aliphatic carbocycles. The Kier molecular flexibility index (Phi) is 6.80. The summed E-state index contributed by atoms with van der Waals surface area (Å²) in [5.41, 5.74) is 0. The molecule has 110 valence electrons. The van der Waals surface area contributed by atoms with Crippen molar-refractivity contribution in [2.75, 3.05) is 26.9 Å². The van der Waals surface area contributed by atoms with Crippen LogP contribution in [0.1, 0.15) is 26.7 Å². The fourth-order valence-electron chi connectivity index (χ4n) is 2.27. The molecule has 0 aromatic carbocycles. The summed E-state index contributed by atoms with van der Waals surface area (Å²) in [6.07, 6.45) is 2.05. The molecule has 1 aliphatic rings. The lowest BCUT2D eigenvalue weighted by Crippen LogP contribution is -2.50. The summed E-state index contributed by atoms with van der Waals surface area (Å²) in [4.78, 5) is 22.6. The number of carbonyl (C=O) groups is 2. The van der Waals surface area contributed by atoms with Crippen molar-refractivity contribution in [1.82, 2.24) is 10.6 Å². The van der Waals surface area contributed by atoms with Gasteiger partial charge in [0.15, 0.2) is 0 Å². The number of amides is 1. The number of esters is 1. The second-order valence-corrected chi connectivity index (χ2v) is 4.92. The Morgan fingerprint density at radius 1 is 1.37 bits per heavy atom. The minimum Gasteiger partial charge on any atom is -0.467 e. The summed E-state index contributed by atoms with van der Waals surface area (Å²) in [6.45, 7) is 5.45. The Labute approximate surface area is 114 Å². The van der Waals surface area contributed by atoms with Crippen LogP contribution in [-0.4, -0.2) is 50.8 Å². The number of carbonyl (C=O) groups excluding carboxylic acids is 2. The summed E-state index contributed by atoms with van der Waals surface area (Å²) in [5, 5.41) is 5.89. The summed E-state index contributed by atoms with van der Waals surface area (Å²) >= 11 is 0. The van der Waals surface area contributed by atoms with Gasteiger partial charge in [0.25, 0.3) is 0 Å². The Morgan fingerprint density at radius 3 is 2.53 bits per heavy atom. The van der Waals surface area contributed by atoms with Gasteiger partial charge in [0.2, 0.25) is 5.91 Å². The van der Waals surface area contributed by atoms with E-state index in [1.165, 1.54) is 14.0 Å². The van der Waals surface area contributed by atoms with E-state index in [1.54, 1.807) is 0 Å². The second kappa shape index (κ2) is 8.12. The molecular formula is C13H24N2O4. The number of hydrogen-bond donors (Lipinski definition) is 2. The second-order valence-electron chi connectivity index (χ2n) is 4.92. The normalized spacial score (nSPS) is 19.5. The Balaban J connectivity index is 2.41. The van der Waals surface area contributed by atoms with Crippen LogP contribution in [0, 0.1) is 5.92 Å². The molecule has 6 nitrogen and oxygen atoms in total. The van der Waals surface area contributed by atoms with Crippen molar-refractivity contribution >= 4 is 11.9 Å². The van der Waals surface area contributed by atoms with E-state index in [-0.39, 0.29) is 11.9 Å². The minimum atomic E-state index is -0.634. The third kappa shape index (κ3) is 5.57. The number of nitrogens with one attached hydrogen (secondary N) is 2. The van der Waals surface area contributed by atoms with Gasteiger partial charge in [0, 0.05) is 32.7 Å². The average molecular weight is 272 g/mol. The van der Waals surface area contributed by atoms with E-state index in [4.69, 9.17) is 4.74 Å². The van der Waals surface area contributed by atoms with Crippen molar-refractivity contribution in [3.63, 3.8) is 0 Å². The smallest absolute Gasteiger partial charge is 0.329 e. The van der Waals surface area contributed by atoms with Gasteiger partial charge in [-0.1, -0.05) is 0 Å². The van der Waals surface area contributed by atoms with Crippen LogP contribution in [0.2, 0.25) is 0 Å². The first-order valence-corrected chi connectivity index (χ1v) is 6.70. The molecule has 1 heterocycles. The van der Waals surface area contributed by atoms with Crippen LogP contribution in [0.4, 0.5) is 0 Å². The molecule has 1 amide bonds. The first kappa shape index (κ1) is 15.9. The van der Waals surface area contributed by atoms with Gasteiger partial charge in [-0.15, -0.1) is 0 Å². The molecule has 19 heavy (non-hydrogen) atoms. The van der Waals surface area contributed by atoms with Crippen LogP contribution in [0.15, 0.2) is 0 Å². The molecule has 1 saturated heterocycles. The molecule has 0 bridgehead atoms. The predicted octanol–water partition coefficient (Wildman–Crippen LogP) is 0.0688. The van der Waals surface area contributed by atoms with Crippen LogP contribution < -0.4 is 10.6 Å². The maximum absolute atomic E-state index is 11.5. The number of rotatable bonds is 6. The first-order valence-electron chi connectivity index (χ1n) is 6.70. The maximum atomic E-state index is 11.5. The van der Waals surface area contributed by atoms with Gasteiger partial charge in [0.05, 0.1) is 7.11 Å². The zero-order chi connectivity index (χ0) is 14.3. The average Bonchev–Trinajstić information content (AvgIpc) is 2.42. The molecule has 0 saturated carbocycles. The molecule has 2 unspecified atom stereocenters. The van der Waals surface area contributed by atoms with Crippen LogP contribution in [-0.2, 0) is 19.1 Å². The molecule has 1 rings (SSSR count).